The summed E-state index contributed by atoms with van der Waals surface area (Å²) in [6, 6.07) is 5.87. The summed E-state index contributed by atoms with van der Waals surface area (Å²) in [5.41, 5.74) is 0. The Bertz CT molecular complexity index is 1130. The molecule has 0 amide bonds. The minimum absolute atomic E-state index is 0.0736. The first-order chi connectivity index (χ1) is 17.1. The normalized spacial score (nSPS) is 17.1. The number of esters is 3. The predicted octanol–water partition coefficient (Wildman–Crippen LogP) is 4.77. The van der Waals surface area contributed by atoms with Crippen LogP contribution in [0.4, 0.5) is 22.0 Å². The molecule has 0 N–H and O–H groups in total. The number of ether oxygens (including phenoxy) is 4. The molecule has 0 aliphatic heterocycles. The highest BCUT2D eigenvalue weighted by atomic mass is 19.2. The Morgan fingerprint density at radius 1 is 0.750 bits per heavy atom. The van der Waals surface area contributed by atoms with Crippen molar-refractivity contribution in [1.29, 1.82) is 0 Å². The molecule has 0 bridgehead atoms. The van der Waals surface area contributed by atoms with Gasteiger partial charge in [-0.05, 0) is 49.9 Å². The van der Waals surface area contributed by atoms with Crippen LogP contribution in [0.2, 0.25) is 0 Å². The third kappa shape index (κ3) is 6.18. The second-order valence-corrected chi connectivity index (χ2v) is 7.69. The van der Waals surface area contributed by atoms with Gasteiger partial charge in [-0.25, -0.2) is 18.0 Å². The van der Waals surface area contributed by atoms with E-state index in [9.17, 15) is 36.3 Å². The van der Waals surface area contributed by atoms with E-state index in [1.54, 1.807) is 0 Å². The monoisotopic (exact) mass is 514 g/mol. The van der Waals surface area contributed by atoms with Crippen LogP contribution in [0, 0.1) is 40.9 Å². The number of benzene rings is 2. The van der Waals surface area contributed by atoms with Crippen molar-refractivity contribution in [2.24, 2.45) is 11.8 Å². The molecular formula is C24H19F5O7. The molecule has 192 valence electrons. The first-order valence-electron chi connectivity index (χ1n) is 10.6. The molecule has 1 aliphatic carbocycles. The zero-order chi connectivity index (χ0) is 26.4. The fraction of sp³-hybridized carbons (Fsp3) is 0.292. The summed E-state index contributed by atoms with van der Waals surface area (Å²) in [4.78, 5) is 35.7. The van der Waals surface area contributed by atoms with Gasteiger partial charge in [-0.3, -0.25) is 9.59 Å². The zero-order valence-electron chi connectivity index (χ0n) is 18.5. The van der Waals surface area contributed by atoms with Crippen LogP contribution < -0.4 is 14.2 Å². The molecule has 2 aromatic carbocycles. The van der Waals surface area contributed by atoms with Gasteiger partial charge in [0.1, 0.15) is 11.5 Å². The average molecular weight is 514 g/mol. The van der Waals surface area contributed by atoms with E-state index in [2.05, 4.69) is 16.1 Å². The van der Waals surface area contributed by atoms with Crippen LogP contribution in [0.1, 0.15) is 25.7 Å². The molecule has 0 aromatic heterocycles. The quantitative estimate of drug-likeness (QED) is 0.0955. The van der Waals surface area contributed by atoms with Crippen LogP contribution in [-0.4, -0.2) is 24.7 Å². The lowest BCUT2D eigenvalue weighted by Gasteiger charge is -2.26. The van der Waals surface area contributed by atoms with E-state index >= 15 is 0 Å². The number of rotatable bonds is 8. The second kappa shape index (κ2) is 11.6. The Balaban J connectivity index is 1.50. The molecule has 1 fully saturated rings. The van der Waals surface area contributed by atoms with Crippen LogP contribution in [0.3, 0.4) is 0 Å². The standard InChI is InChI=1S/C24H19F5O7/c1-2-16(30)34-11-33-14-7-9-15(10-8-14)35-23(31)12-3-5-13(6-4-12)24(32)36-22-20(28)18(26)17(25)19(27)21(22)29/h2,7-10,12-13H,1,3-6,11H2. The highest BCUT2D eigenvalue weighted by Crippen LogP contribution is 2.34. The average Bonchev–Trinajstić information content (AvgIpc) is 2.89. The fourth-order valence-corrected chi connectivity index (χ4v) is 3.44. The van der Waals surface area contributed by atoms with Crippen molar-refractivity contribution in [2.45, 2.75) is 25.7 Å². The summed E-state index contributed by atoms with van der Waals surface area (Å²) >= 11 is 0. The number of hydrogen-bond acceptors (Lipinski definition) is 7. The molecule has 3 rings (SSSR count). The van der Waals surface area contributed by atoms with E-state index in [4.69, 9.17) is 9.47 Å². The van der Waals surface area contributed by atoms with Gasteiger partial charge in [-0.1, -0.05) is 6.58 Å². The summed E-state index contributed by atoms with van der Waals surface area (Å²) in [5, 5.41) is 0. The van der Waals surface area contributed by atoms with Crippen LogP contribution in [0.25, 0.3) is 0 Å². The molecule has 36 heavy (non-hydrogen) atoms. The van der Waals surface area contributed by atoms with E-state index in [1.807, 2.05) is 0 Å². The van der Waals surface area contributed by atoms with Crippen LogP contribution >= 0.6 is 0 Å². The second-order valence-electron chi connectivity index (χ2n) is 7.69. The molecule has 0 atom stereocenters. The molecular weight excluding hydrogens is 495 g/mol. The summed E-state index contributed by atoms with van der Waals surface area (Å²) in [5.74, 6) is -16.3. The van der Waals surface area contributed by atoms with Gasteiger partial charge in [0, 0.05) is 6.08 Å². The van der Waals surface area contributed by atoms with Crippen molar-refractivity contribution in [3.05, 3.63) is 66.0 Å². The zero-order valence-corrected chi connectivity index (χ0v) is 18.5. The molecule has 12 heteroatoms. The fourth-order valence-electron chi connectivity index (χ4n) is 3.44. The Labute approximate surface area is 201 Å². The summed E-state index contributed by atoms with van der Waals surface area (Å²) in [7, 11) is 0. The van der Waals surface area contributed by atoms with Crippen molar-refractivity contribution in [3.63, 3.8) is 0 Å². The Morgan fingerprint density at radius 3 is 1.69 bits per heavy atom. The van der Waals surface area contributed by atoms with E-state index in [1.165, 1.54) is 24.3 Å². The number of carbonyl (C=O) groups excluding carboxylic acids is 3. The predicted molar refractivity (Wildman–Crippen MR) is 111 cm³/mol. The summed E-state index contributed by atoms with van der Waals surface area (Å²) < 4.78 is 86.9. The first-order valence-corrected chi connectivity index (χ1v) is 10.6. The van der Waals surface area contributed by atoms with Gasteiger partial charge >= 0.3 is 17.9 Å². The van der Waals surface area contributed by atoms with Gasteiger partial charge in [0.05, 0.1) is 11.8 Å². The Morgan fingerprint density at radius 2 is 1.19 bits per heavy atom. The maximum absolute atomic E-state index is 13.7. The van der Waals surface area contributed by atoms with Crippen LogP contribution in [0.5, 0.6) is 17.2 Å². The molecule has 0 unspecified atom stereocenters. The largest absolute Gasteiger partial charge is 0.457 e. The Hall–Kier alpha value is -3.96. The highest BCUT2D eigenvalue weighted by molar-refractivity contribution is 5.81. The van der Waals surface area contributed by atoms with Crippen LogP contribution in [-0.2, 0) is 19.1 Å². The molecule has 1 aliphatic rings. The molecule has 0 radical (unpaired) electrons. The molecule has 0 heterocycles. The van der Waals surface area contributed by atoms with E-state index < -0.39 is 64.6 Å². The van der Waals surface area contributed by atoms with Gasteiger partial charge in [0.2, 0.25) is 41.6 Å². The SMILES string of the molecule is C=CC(=O)OCOc1ccc(OC(=O)C2CCC(C(=O)Oc3c(F)c(F)c(F)c(F)c3F)CC2)cc1. The van der Waals surface area contributed by atoms with Gasteiger partial charge < -0.3 is 18.9 Å². The molecule has 7 nitrogen and oxygen atoms in total. The molecule has 0 saturated heterocycles. The minimum Gasteiger partial charge on any atom is -0.457 e. The summed E-state index contributed by atoms with van der Waals surface area (Å²) in [6.45, 7) is 2.91. The third-order valence-corrected chi connectivity index (χ3v) is 5.40. The minimum atomic E-state index is -2.36. The van der Waals surface area contributed by atoms with Crippen LogP contribution in [0.15, 0.2) is 36.9 Å². The summed E-state index contributed by atoms with van der Waals surface area (Å²) in [6.07, 6.45) is 1.47. The lowest BCUT2D eigenvalue weighted by molar-refractivity contribution is -0.145. The number of halogens is 5. The number of carbonyl (C=O) groups is 3. The van der Waals surface area contributed by atoms with Crippen molar-refractivity contribution >= 4 is 17.9 Å². The lowest BCUT2D eigenvalue weighted by Crippen LogP contribution is -2.30. The third-order valence-electron chi connectivity index (χ3n) is 5.40. The molecule has 2 aromatic rings. The lowest BCUT2D eigenvalue weighted by atomic mass is 9.82. The topological polar surface area (TPSA) is 88.1 Å². The van der Waals surface area contributed by atoms with Gasteiger partial charge in [-0.2, -0.15) is 8.78 Å². The maximum Gasteiger partial charge on any atom is 0.333 e. The van der Waals surface area contributed by atoms with Gasteiger partial charge in [-0.15, -0.1) is 0 Å². The van der Waals surface area contributed by atoms with E-state index in [0.717, 1.165) is 6.08 Å². The van der Waals surface area contributed by atoms with E-state index in [-0.39, 0.29) is 38.2 Å². The first kappa shape index (κ1) is 26.6. The van der Waals surface area contributed by atoms with Crippen molar-refractivity contribution in [2.75, 3.05) is 6.79 Å². The number of hydrogen-bond donors (Lipinski definition) is 0. The van der Waals surface area contributed by atoms with Crippen molar-refractivity contribution in [1.82, 2.24) is 0 Å². The van der Waals surface area contributed by atoms with E-state index in [0.29, 0.717) is 5.75 Å². The van der Waals surface area contributed by atoms with Crippen molar-refractivity contribution < 1.29 is 55.3 Å². The van der Waals surface area contributed by atoms with Crippen molar-refractivity contribution in [3.8, 4) is 17.2 Å². The van der Waals surface area contributed by atoms with Gasteiger partial charge in [0.15, 0.2) is 0 Å². The van der Waals surface area contributed by atoms with Gasteiger partial charge in [0.25, 0.3) is 0 Å². The molecule has 1 saturated carbocycles. The molecule has 0 spiro atoms. The maximum atomic E-state index is 13.7. The Kier molecular flexibility index (Phi) is 8.62. The highest BCUT2D eigenvalue weighted by Gasteiger charge is 2.34. The smallest absolute Gasteiger partial charge is 0.333 e.